The van der Waals surface area contributed by atoms with E-state index < -0.39 is 0 Å². The number of aromatic hydroxyl groups is 1. The van der Waals surface area contributed by atoms with Crippen LogP contribution in [0.15, 0.2) is 55.1 Å². The van der Waals surface area contributed by atoms with E-state index in [1.165, 1.54) is 6.07 Å². The summed E-state index contributed by atoms with van der Waals surface area (Å²) in [7, 11) is 1.60. The Kier molecular flexibility index (Phi) is 4.39. The lowest BCUT2D eigenvalue weighted by Gasteiger charge is -2.33. The summed E-state index contributed by atoms with van der Waals surface area (Å²) in [6, 6.07) is 11.0. The summed E-state index contributed by atoms with van der Waals surface area (Å²) in [6.45, 7) is 2.51. The van der Waals surface area contributed by atoms with Gasteiger partial charge in [-0.2, -0.15) is 0 Å². The molecular weight excluding hydrogens is 384 g/mol. The van der Waals surface area contributed by atoms with Gasteiger partial charge in [-0.05, 0) is 42.8 Å². The molecule has 4 aromatic rings. The van der Waals surface area contributed by atoms with E-state index in [4.69, 9.17) is 14.2 Å². The third-order valence-electron chi connectivity index (χ3n) is 5.11. The zero-order valence-electron chi connectivity index (χ0n) is 16.5. The van der Waals surface area contributed by atoms with Gasteiger partial charge < -0.3 is 23.9 Å². The highest BCUT2D eigenvalue weighted by Crippen LogP contribution is 2.46. The van der Waals surface area contributed by atoms with Crippen LogP contribution in [-0.2, 0) is 6.54 Å². The molecule has 1 aliphatic heterocycles. The van der Waals surface area contributed by atoms with Gasteiger partial charge in [-0.3, -0.25) is 0 Å². The molecule has 0 radical (unpaired) electrons. The van der Waals surface area contributed by atoms with Crippen molar-refractivity contribution in [2.75, 3.05) is 7.11 Å². The zero-order valence-corrected chi connectivity index (χ0v) is 16.5. The minimum Gasteiger partial charge on any atom is -0.493 e. The molecule has 0 saturated heterocycles. The molecular formula is C22H20N4O4. The van der Waals surface area contributed by atoms with Crippen LogP contribution in [0.25, 0.3) is 11.2 Å². The maximum atomic E-state index is 9.45. The van der Waals surface area contributed by atoms with Gasteiger partial charge >= 0.3 is 0 Å². The van der Waals surface area contributed by atoms with Crippen molar-refractivity contribution in [2.45, 2.75) is 25.7 Å². The molecule has 8 heteroatoms. The van der Waals surface area contributed by atoms with Crippen LogP contribution in [0.1, 0.15) is 24.2 Å². The molecule has 152 valence electrons. The van der Waals surface area contributed by atoms with Crippen molar-refractivity contribution in [1.82, 2.24) is 19.5 Å². The Bertz CT molecular complexity index is 1210. The molecule has 0 spiro atoms. The highest BCUT2D eigenvalue weighted by atomic mass is 16.6. The Labute approximate surface area is 172 Å². The Balaban J connectivity index is 1.48. The van der Waals surface area contributed by atoms with Crippen molar-refractivity contribution in [2.24, 2.45) is 0 Å². The lowest BCUT2D eigenvalue weighted by atomic mass is 10.0. The quantitative estimate of drug-likeness (QED) is 0.557. The average Bonchev–Trinajstić information content (AvgIpc) is 3.16. The molecule has 1 N–H and O–H groups in total. The number of rotatable bonds is 4. The molecule has 2 atom stereocenters. The molecule has 0 amide bonds. The first-order valence-corrected chi connectivity index (χ1v) is 9.57. The predicted molar refractivity (Wildman–Crippen MR) is 109 cm³/mol. The van der Waals surface area contributed by atoms with Gasteiger partial charge in [0.2, 0.25) is 11.6 Å². The SMILES string of the molecule is COc1cc(Cn2cnc3cccnc32)cc2c1O[C@@H](c1ccc(O)nc1)[C@H](C)O2. The van der Waals surface area contributed by atoms with Gasteiger partial charge in [0, 0.05) is 24.0 Å². The van der Waals surface area contributed by atoms with Crippen LogP contribution >= 0.6 is 0 Å². The number of nitrogens with zero attached hydrogens (tertiary/aromatic N) is 4. The smallest absolute Gasteiger partial charge is 0.210 e. The van der Waals surface area contributed by atoms with Gasteiger partial charge in [0.1, 0.15) is 11.6 Å². The van der Waals surface area contributed by atoms with Crippen molar-refractivity contribution in [3.05, 3.63) is 66.2 Å². The number of ether oxygens (including phenoxy) is 3. The molecule has 1 aromatic carbocycles. The number of pyridine rings is 2. The van der Waals surface area contributed by atoms with Crippen LogP contribution < -0.4 is 14.2 Å². The molecule has 0 fully saturated rings. The summed E-state index contributed by atoms with van der Waals surface area (Å²) in [5.74, 6) is 1.72. The predicted octanol–water partition coefficient (Wildman–Crippen LogP) is 3.49. The van der Waals surface area contributed by atoms with E-state index in [2.05, 4.69) is 15.0 Å². The van der Waals surface area contributed by atoms with Gasteiger partial charge in [0.25, 0.3) is 0 Å². The molecule has 4 heterocycles. The van der Waals surface area contributed by atoms with E-state index >= 15 is 0 Å². The van der Waals surface area contributed by atoms with Crippen LogP contribution in [0.5, 0.6) is 23.1 Å². The molecule has 3 aromatic heterocycles. The first kappa shape index (κ1) is 18.2. The number of fused-ring (bicyclic) bond motifs is 2. The number of aromatic nitrogens is 4. The van der Waals surface area contributed by atoms with Crippen LogP contribution in [0, 0.1) is 0 Å². The summed E-state index contributed by atoms with van der Waals surface area (Å²) in [5.41, 5.74) is 3.46. The molecule has 0 unspecified atom stereocenters. The van der Waals surface area contributed by atoms with Crippen LogP contribution in [0.3, 0.4) is 0 Å². The Hall–Kier alpha value is -3.81. The van der Waals surface area contributed by atoms with E-state index in [1.54, 1.807) is 31.9 Å². The maximum absolute atomic E-state index is 9.45. The summed E-state index contributed by atoms with van der Waals surface area (Å²) >= 11 is 0. The second-order valence-electron chi connectivity index (χ2n) is 7.16. The van der Waals surface area contributed by atoms with E-state index in [0.717, 1.165) is 22.3 Å². The minimum absolute atomic E-state index is 0.0349. The third-order valence-corrected chi connectivity index (χ3v) is 5.11. The highest BCUT2D eigenvalue weighted by Gasteiger charge is 2.32. The van der Waals surface area contributed by atoms with E-state index in [1.807, 2.05) is 35.8 Å². The second-order valence-corrected chi connectivity index (χ2v) is 7.16. The number of hydrogen-bond acceptors (Lipinski definition) is 7. The van der Waals surface area contributed by atoms with Crippen molar-refractivity contribution < 1.29 is 19.3 Å². The van der Waals surface area contributed by atoms with Gasteiger partial charge in [-0.1, -0.05) is 0 Å². The van der Waals surface area contributed by atoms with Crippen molar-refractivity contribution >= 4 is 11.2 Å². The number of benzene rings is 1. The molecule has 0 saturated carbocycles. The molecule has 5 rings (SSSR count). The van der Waals surface area contributed by atoms with Crippen LogP contribution in [-0.4, -0.2) is 37.8 Å². The summed E-state index contributed by atoms with van der Waals surface area (Å²) in [6.07, 6.45) is 4.50. The zero-order chi connectivity index (χ0) is 20.7. The van der Waals surface area contributed by atoms with Crippen molar-refractivity contribution in [1.29, 1.82) is 0 Å². The number of imidazole rings is 1. The van der Waals surface area contributed by atoms with Crippen LogP contribution in [0.4, 0.5) is 0 Å². The van der Waals surface area contributed by atoms with Gasteiger partial charge in [-0.25, -0.2) is 15.0 Å². The largest absolute Gasteiger partial charge is 0.493 e. The van der Waals surface area contributed by atoms with Crippen LogP contribution in [0.2, 0.25) is 0 Å². The molecule has 1 aliphatic rings. The van der Waals surface area contributed by atoms with E-state index in [9.17, 15) is 5.11 Å². The Morgan fingerprint density at radius 2 is 2.03 bits per heavy atom. The summed E-state index contributed by atoms with van der Waals surface area (Å²) < 4.78 is 20.0. The Morgan fingerprint density at radius 3 is 2.83 bits per heavy atom. The fourth-order valence-electron chi connectivity index (χ4n) is 3.68. The first-order valence-electron chi connectivity index (χ1n) is 9.57. The maximum Gasteiger partial charge on any atom is 0.210 e. The first-order chi connectivity index (χ1) is 14.6. The molecule has 8 nitrogen and oxygen atoms in total. The third kappa shape index (κ3) is 3.16. The van der Waals surface area contributed by atoms with Gasteiger partial charge in [0.05, 0.1) is 20.0 Å². The van der Waals surface area contributed by atoms with Crippen molar-refractivity contribution in [3.63, 3.8) is 0 Å². The molecule has 0 aliphatic carbocycles. The standard InChI is InChI=1S/C22H20N4O4/c1-13-20(15-5-6-19(27)24-10-15)30-21-17(28-2)8-14(9-18(21)29-13)11-26-12-25-16-4-3-7-23-22(16)26/h3-10,12-13,20H,11H2,1-2H3,(H,24,27)/t13-,20+/m0/s1. The fourth-order valence-corrected chi connectivity index (χ4v) is 3.68. The summed E-state index contributed by atoms with van der Waals surface area (Å²) in [4.78, 5) is 12.8. The number of hydrogen-bond donors (Lipinski definition) is 1. The van der Waals surface area contributed by atoms with E-state index in [-0.39, 0.29) is 18.1 Å². The summed E-state index contributed by atoms with van der Waals surface area (Å²) in [5, 5.41) is 9.45. The highest BCUT2D eigenvalue weighted by molar-refractivity contribution is 5.70. The second kappa shape index (κ2) is 7.22. The average molecular weight is 404 g/mol. The van der Waals surface area contributed by atoms with E-state index in [0.29, 0.717) is 23.8 Å². The lowest BCUT2D eigenvalue weighted by molar-refractivity contribution is 0.0277. The fraction of sp³-hybridized carbons (Fsp3) is 0.227. The Morgan fingerprint density at radius 1 is 1.13 bits per heavy atom. The monoisotopic (exact) mass is 404 g/mol. The van der Waals surface area contributed by atoms with Crippen molar-refractivity contribution in [3.8, 4) is 23.1 Å². The number of methoxy groups -OCH3 is 1. The molecule has 0 bridgehead atoms. The molecule has 30 heavy (non-hydrogen) atoms. The minimum atomic E-state index is -0.368. The normalized spacial score (nSPS) is 17.8. The van der Waals surface area contributed by atoms with Gasteiger partial charge in [0.15, 0.2) is 23.3 Å². The topological polar surface area (TPSA) is 91.5 Å². The lowest BCUT2D eigenvalue weighted by Crippen LogP contribution is -2.31. The van der Waals surface area contributed by atoms with Gasteiger partial charge in [-0.15, -0.1) is 0 Å².